The topological polar surface area (TPSA) is 69.7 Å². The van der Waals surface area contributed by atoms with Crippen molar-refractivity contribution < 1.29 is 14.4 Å². The number of rotatable bonds is 4. The molecule has 0 unspecified atom stereocenters. The molecule has 2 aromatic rings. The Morgan fingerprint density at radius 3 is 2.37 bits per heavy atom. The van der Waals surface area contributed by atoms with E-state index in [-0.39, 0.29) is 11.8 Å². The molecule has 3 rings (SSSR count). The molecule has 6 nitrogen and oxygen atoms in total. The molecular formula is C21H23N3O3. The van der Waals surface area contributed by atoms with Crippen LogP contribution < -0.4 is 5.32 Å². The second kappa shape index (κ2) is 8.03. The van der Waals surface area contributed by atoms with Gasteiger partial charge in [0.2, 0.25) is 6.41 Å². The highest BCUT2D eigenvalue weighted by atomic mass is 16.2. The first-order valence-electron chi connectivity index (χ1n) is 8.95. The number of carbonyl (C=O) groups is 3. The Morgan fingerprint density at radius 2 is 1.67 bits per heavy atom. The smallest absolute Gasteiger partial charge is 0.255 e. The van der Waals surface area contributed by atoms with Crippen molar-refractivity contribution in [1.29, 1.82) is 0 Å². The lowest BCUT2D eigenvalue weighted by molar-refractivity contribution is -0.119. The lowest BCUT2D eigenvalue weighted by Crippen LogP contribution is -2.48. The fraction of sp³-hybridized carbons (Fsp3) is 0.286. The predicted molar refractivity (Wildman–Crippen MR) is 104 cm³/mol. The summed E-state index contributed by atoms with van der Waals surface area (Å²) in [5.41, 5.74) is 3.72. The normalized spacial score (nSPS) is 14.0. The van der Waals surface area contributed by atoms with Crippen LogP contribution >= 0.6 is 0 Å². The maximum Gasteiger partial charge on any atom is 0.255 e. The molecule has 0 saturated carbocycles. The number of piperazine rings is 1. The fourth-order valence-corrected chi connectivity index (χ4v) is 3.07. The van der Waals surface area contributed by atoms with Crippen molar-refractivity contribution in [3.63, 3.8) is 0 Å². The minimum absolute atomic E-state index is 0.123. The van der Waals surface area contributed by atoms with Gasteiger partial charge in [0.25, 0.3) is 11.8 Å². The number of nitrogens with zero attached hydrogens (tertiary/aromatic N) is 2. The molecule has 3 amide bonds. The molecule has 1 aliphatic rings. The van der Waals surface area contributed by atoms with Crippen LogP contribution in [0.3, 0.4) is 0 Å². The van der Waals surface area contributed by atoms with Gasteiger partial charge in [-0.15, -0.1) is 0 Å². The van der Waals surface area contributed by atoms with Crippen LogP contribution in [0, 0.1) is 13.8 Å². The number of nitrogens with one attached hydrogen (secondary N) is 1. The minimum atomic E-state index is -0.246. The molecule has 2 aromatic carbocycles. The van der Waals surface area contributed by atoms with Crippen molar-refractivity contribution in [2.24, 2.45) is 0 Å². The Labute approximate surface area is 158 Å². The van der Waals surface area contributed by atoms with Gasteiger partial charge >= 0.3 is 0 Å². The summed E-state index contributed by atoms with van der Waals surface area (Å²) in [5, 5.41) is 2.92. The number of hydrogen-bond acceptors (Lipinski definition) is 3. The summed E-state index contributed by atoms with van der Waals surface area (Å²) >= 11 is 0. The lowest BCUT2D eigenvalue weighted by Gasteiger charge is -2.32. The molecule has 1 saturated heterocycles. The Bertz CT molecular complexity index is 871. The first kappa shape index (κ1) is 18.6. The minimum Gasteiger partial charge on any atom is -0.342 e. The van der Waals surface area contributed by atoms with Crippen LogP contribution in [0.25, 0.3) is 0 Å². The van der Waals surface area contributed by atoms with Crippen molar-refractivity contribution in [1.82, 2.24) is 9.80 Å². The lowest BCUT2D eigenvalue weighted by atomic mass is 10.1. The van der Waals surface area contributed by atoms with Gasteiger partial charge in [-0.05, 0) is 49.2 Å². The quantitative estimate of drug-likeness (QED) is 0.846. The number of amides is 3. The predicted octanol–water partition coefficient (Wildman–Crippen LogP) is 2.47. The molecule has 0 spiro atoms. The van der Waals surface area contributed by atoms with Crippen molar-refractivity contribution in [2.75, 3.05) is 31.5 Å². The highest BCUT2D eigenvalue weighted by Crippen LogP contribution is 2.18. The molecule has 0 aromatic heterocycles. The van der Waals surface area contributed by atoms with Crippen LogP contribution in [0.2, 0.25) is 0 Å². The van der Waals surface area contributed by atoms with Gasteiger partial charge in [0.15, 0.2) is 0 Å². The molecule has 0 radical (unpaired) electrons. The zero-order chi connectivity index (χ0) is 19.4. The van der Waals surface area contributed by atoms with E-state index in [1.807, 2.05) is 32.0 Å². The van der Waals surface area contributed by atoms with E-state index in [1.165, 1.54) is 0 Å². The third kappa shape index (κ3) is 4.34. The first-order chi connectivity index (χ1) is 13.0. The van der Waals surface area contributed by atoms with E-state index in [1.54, 1.807) is 34.1 Å². The highest BCUT2D eigenvalue weighted by molar-refractivity contribution is 6.06. The maximum absolute atomic E-state index is 12.7. The van der Waals surface area contributed by atoms with Gasteiger partial charge in [0.1, 0.15) is 0 Å². The summed E-state index contributed by atoms with van der Waals surface area (Å²) < 4.78 is 0. The second-order valence-corrected chi connectivity index (χ2v) is 6.79. The number of anilines is 1. The van der Waals surface area contributed by atoms with Gasteiger partial charge in [0, 0.05) is 43.0 Å². The maximum atomic E-state index is 12.7. The van der Waals surface area contributed by atoms with Crippen molar-refractivity contribution >= 4 is 23.9 Å². The number of benzene rings is 2. The van der Waals surface area contributed by atoms with Gasteiger partial charge in [-0.3, -0.25) is 14.4 Å². The zero-order valence-electron chi connectivity index (χ0n) is 15.6. The number of hydrogen-bond donors (Lipinski definition) is 1. The van der Waals surface area contributed by atoms with Crippen molar-refractivity contribution in [3.8, 4) is 0 Å². The summed E-state index contributed by atoms with van der Waals surface area (Å²) in [6.07, 6.45) is 0.806. The SMILES string of the molecule is Cc1ccc(C)c(NC(=O)c2cccc(C(=O)N3CCN(C=O)CC3)c2)c1. The van der Waals surface area contributed by atoms with Crippen molar-refractivity contribution in [2.45, 2.75) is 13.8 Å². The van der Waals surface area contributed by atoms with Crippen LogP contribution in [0.5, 0.6) is 0 Å². The molecule has 0 atom stereocenters. The van der Waals surface area contributed by atoms with E-state index in [0.717, 1.165) is 23.2 Å². The molecule has 0 bridgehead atoms. The Balaban J connectivity index is 1.73. The summed E-state index contributed by atoms with van der Waals surface area (Å²) in [4.78, 5) is 39.5. The van der Waals surface area contributed by atoms with E-state index >= 15 is 0 Å². The molecular weight excluding hydrogens is 342 g/mol. The molecule has 1 aliphatic heterocycles. The summed E-state index contributed by atoms with van der Waals surface area (Å²) in [5.74, 6) is -0.369. The standard InChI is InChI=1S/C21H23N3O3/c1-15-6-7-16(2)19(12-15)22-20(26)17-4-3-5-18(13-17)21(27)24-10-8-23(14-25)9-11-24/h3-7,12-14H,8-11H2,1-2H3,(H,22,26). The van der Waals surface area contributed by atoms with Gasteiger partial charge in [-0.2, -0.15) is 0 Å². The molecule has 1 heterocycles. The van der Waals surface area contributed by atoms with E-state index in [2.05, 4.69) is 5.32 Å². The number of aryl methyl sites for hydroxylation is 2. The van der Waals surface area contributed by atoms with Crippen LogP contribution in [0.1, 0.15) is 31.8 Å². The molecule has 1 fully saturated rings. The third-order valence-corrected chi connectivity index (χ3v) is 4.76. The van der Waals surface area contributed by atoms with E-state index in [9.17, 15) is 14.4 Å². The monoisotopic (exact) mass is 365 g/mol. The number of carbonyl (C=O) groups excluding carboxylic acids is 3. The van der Waals surface area contributed by atoms with E-state index in [0.29, 0.717) is 37.3 Å². The molecule has 6 heteroatoms. The average molecular weight is 365 g/mol. The summed E-state index contributed by atoms with van der Waals surface area (Å²) in [7, 11) is 0. The van der Waals surface area contributed by atoms with Gasteiger partial charge < -0.3 is 15.1 Å². The Hall–Kier alpha value is -3.15. The van der Waals surface area contributed by atoms with Crippen molar-refractivity contribution in [3.05, 3.63) is 64.7 Å². The molecule has 1 N–H and O–H groups in total. The van der Waals surface area contributed by atoms with Crippen LogP contribution in [-0.2, 0) is 4.79 Å². The Kier molecular flexibility index (Phi) is 5.54. The molecule has 140 valence electrons. The molecule has 27 heavy (non-hydrogen) atoms. The van der Waals surface area contributed by atoms with Gasteiger partial charge in [0.05, 0.1) is 0 Å². The third-order valence-electron chi connectivity index (χ3n) is 4.76. The highest BCUT2D eigenvalue weighted by Gasteiger charge is 2.22. The van der Waals surface area contributed by atoms with Crippen LogP contribution in [0.15, 0.2) is 42.5 Å². The zero-order valence-corrected chi connectivity index (χ0v) is 15.6. The first-order valence-corrected chi connectivity index (χ1v) is 8.95. The summed E-state index contributed by atoms with van der Waals surface area (Å²) in [6, 6.07) is 12.6. The van der Waals surface area contributed by atoms with Gasteiger partial charge in [-0.1, -0.05) is 18.2 Å². The summed E-state index contributed by atoms with van der Waals surface area (Å²) in [6.45, 7) is 5.96. The fourth-order valence-electron chi connectivity index (χ4n) is 3.07. The molecule has 0 aliphatic carbocycles. The second-order valence-electron chi connectivity index (χ2n) is 6.79. The van der Waals surface area contributed by atoms with Crippen LogP contribution in [-0.4, -0.2) is 54.2 Å². The van der Waals surface area contributed by atoms with E-state index in [4.69, 9.17) is 0 Å². The average Bonchev–Trinajstić information content (AvgIpc) is 2.70. The van der Waals surface area contributed by atoms with Crippen LogP contribution in [0.4, 0.5) is 5.69 Å². The Morgan fingerprint density at radius 1 is 0.963 bits per heavy atom. The van der Waals surface area contributed by atoms with E-state index < -0.39 is 0 Å². The largest absolute Gasteiger partial charge is 0.342 e. The van der Waals surface area contributed by atoms with Gasteiger partial charge in [-0.25, -0.2) is 0 Å².